The number of pyridine rings is 1. The van der Waals surface area contributed by atoms with Gasteiger partial charge < -0.3 is 10.6 Å². The maximum absolute atomic E-state index is 12.0. The number of carbonyl (C=O) groups is 1. The van der Waals surface area contributed by atoms with E-state index in [-0.39, 0.29) is 12.5 Å². The van der Waals surface area contributed by atoms with Crippen LogP contribution in [0.25, 0.3) is 11.3 Å². The van der Waals surface area contributed by atoms with E-state index in [1.165, 1.54) is 12.8 Å². The van der Waals surface area contributed by atoms with Crippen LogP contribution >= 0.6 is 0 Å². The molecule has 0 radical (unpaired) electrons. The van der Waals surface area contributed by atoms with Gasteiger partial charge in [0.1, 0.15) is 12.2 Å². The SMILES string of the molecule is Cc1cc(-c2cn(CC(=O)NCC3CCCNC3)nn2)ccn1. The molecule has 2 aromatic heterocycles. The van der Waals surface area contributed by atoms with Gasteiger partial charge in [-0.15, -0.1) is 5.10 Å². The van der Waals surface area contributed by atoms with Crippen LogP contribution in [0.2, 0.25) is 0 Å². The van der Waals surface area contributed by atoms with E-state index in [9.17, 15) is 4.79 Å². The third-order valence-electron chi connectivity index (χ3n) is 4.02. The molecule has 2 aromatic rings. The molecular formula is C16H22N6O. The number of amides is 1. The van der Waals surface area contributed by atoms with Gasteiger partial charge in [0.25, 0.3) is 0 Å². The molecule has 0 saturated carbocycles. The largest absolute Gasteiger partial charge is 0.354 e. The minimum absolute atomic E-state index is 0.0297. The van der Waals surface area contributed by atoms with Crippen molar-refractivity contribution in [3.8, 4) is 11.3 Å². The highest BCUT2D eigenvalue weighted by atomic mass is 16.2. The lowest BCUT2D eigenvalue weighted by molar-refractivity contribution is -0.122. The fourth-order valence-corrected chi connectivity index (χ4v) is 2.77. The molecule has 1 unspecified atom stereocenters. The summed E-state index contributed by atoms with van der Waals surface area (Å²) in [7, 11) is 0. The lowest BCUT2D eigenvalue weighted by Crippen LogP contribution is -2.39. The third-order valence-corrected chi connectivity index (χ3v) is 4.02. The van der Waals surface area contributed by atoms with Crippen molar-refractivity contribution < 1.29 is 4.79 Å². The van der Waals surface area contributed by atoms with Crippen LogP contribution < -0.4 is 10.6 Å². The Bertz CT molecular complexity index is 662. The Labute approximate surface area is 135 Å². The van der Waals surface area contributed by atoms with E-state index in [2.05, 4.69) is 25.9 Å². The number of piperidine rings is 1. The minimum atomic E-state index is -0.0297. The Morgan fingerprint density at radius 1 is 1.52 bits per heavy atom. The average Bonchev–Trinajstić information content (AvgIpc) is 3.02. The predicted molar refractivity (Wildman–Crippen MR) is 86.6 cm³/mol. The Morgan fingerprint density at radius 2 is 2.43 bits per heavy atom. The normalized spacial score (nSPS) is 17.9. The van der Waals surface area contributed by atoms with Crippen LogP contribution in [0.4, 0.5) is 0 Å². The summed E-state index contributed by atoms with van der Waals surface area (Å²) in [5.41, 5.74) is 2.63. The van der Waals surface area contributed by atoms with Gasteiger partial charge in [0.15, 0.2) is 0 Å². The number of nitrogens with one attached hydrogen (secondary N) is 2. The van der Waals surface area contributed by atoms with E-state index in [1.807, 2.05) is 19.1 Å². The van der Waals surface area contributed by atoms with Crippen molar-refractivity contribution in [2.24, 2.45) is 5.92 Å². The molecule has 0 aromatic carbocycles. The molecule has 0 aliphatic carbocycles. The first-order chi connectivity index (χ1) is 11.2. The van der Waals surface area contributed by atoms with E-state index in [1.54, 1.807) is 17.1 Å². The molecule has 7 heteroatoms. The zero-order valence-corrected chi connectivity index (χ0v) is 13.3. The summed E-state index contributed by atoms with van der Waals surface area (Å²) in [6.07, 6.45) is 5.88. The Balaban J connectivity index is 1.53. The number of hydrogen-bond donors (Lipinski definition) is 2. The van der Waals surface area contributed by atoms with Crippen molar-refractivity contribution in [3.63, 3.8) is 0 Å². The van der Waals surface area contributed by atoms with E-state index in [4.69, 9.17) is 0 Å². The molecule has 1 aliphatic rings. The highest BCUT2D eigenvalue weighted by Crippen LogP contribution is 2.15. The fraction of sp³-hybridized carbons (Fsp3) is 0.500. The minimum Gasteiger partial charge on any atom is -0.354 e. The van der Waals surface area contributed by atoms with Crippen LogP contribution in [-0.2, 0) is 11.3 Å². The predicted octanol–water partition coefficient (Wildman–Crippen LogP) is 0.764. The Kier molecular flexibility index (Phi) is 4.97. The molecule has 23 heavy (non-hydrogen) atoms. The first-order valence-electron chi connectivity index (χ1n) is 8.01. The van der Waals surface area contributed by atoms with Gasteiger partial charge in [0, 0.05) is 24.0 Å². The van der Waals surface area contributed by atoms with E-state index < -0.39 is 0 Å². The van der Waals surface area contributed by atoms with E-state index >= 15 is 0 Å². The van der Waals surface area contributed by atoms with Gasteiger partial charge in [-0.25, -0.2) is 4.68 Å². The lowest BCUT2D eigenvalue weighted by atomic mass is 10.00. The van der Waals surface area contributed by atoms with Gasteiger partial charge >= 0.3 is 0 Å². The number of nitrogens with zero attached hydrogens (tertiary/aromatic N) is 4. The second-order valence-electron chi connectivity index (χ2n) is 6.00. The monoisotopic (exact) mass is 314 g/mol. The van der Waals surface area contributed by atoms with Gasteiger partial charge in [0.05, 0.1) is 6.20 Å². The maximum Gasteiger partial charge on any atom is 0.241 e. The molecule has 0 bridgehead atoms. The summed E-state index contributed by atoms with van der Waals surface area (Å²) in [5, 5.41) is 14.5. The second-order valence-corrected chi connectivity index (χ2v) is 6.00. The summed E-state index contributed by atoms with van der Waals surface area (Å²) in [4.78, 5) is 16.2. The molecular weight excluding hydrogens is 292 g/mol. The van der Waals surface area contributed by atoms with Gasteiger partial charge in [-0.05, 0) is 50.9 Å². The van der Waals surface area contributed by atoms with Crippen LogP contribution in [0.15, 0.2) is 24.5 Å². The van der Waals surface area contributed by atoms with Gasteiger partial charge in [-0.3, -0.25) is 9.78 Å². The molecule has 1 aliphatic heterocycles. The topological polar surface area (TPSA) is 84.7 Å². The summed E-state index contributed by atoms with van der Waals surface area (Å²) >= 11 is 0. The Hall–Kier alpha value is -2.28. The van der Waals surface area contributed by atoms with E-state index in [0.717, 1.165) is 36.6 Å². The fourth-order valence-electron chi connectivity index (χ4n) is 2.77. The van der Waals surface area contributed by atoms with Crippen molar-refractivity contribution in [1.29, 1.82) is 0 Å². The highest BCUT2D eigenvalue weighted by Gasteiger charge is 2.14. The molecule has 1 saturated heterocycles. The number of aromatic nitrogens is 4. The number of hydrogen-bond acceptors (Lipinski definition) is 5. The van der Waals surface area contributed by atoms with Crippen LogP contribution in [0, 0.1) is 12.8 Å². The van der Waals surface area contributed by atoms with Crippen LogP contribution in [0.3, 0.4) is 0 Å². The zero-order chi connectivity index (χ0) is 16.1. The number of rotatable bonds is 5. The van der Waals surface area contributed by atoms with E-state index in [0.29, 0.717) is 5.92 Å². The van der Waals surface area contributed by atoms with Crippen LogP contribution in [0.1, 0.15) is 18.5 Å². The highest BCUT2D eigenvalue weighted by molar-refractivity contribution is 5.75. The van der Waals surface area contributed by atoms with Crippen molar-refractivity contribution in [3.05, 3.63) is 30.2 Å². The van der Waals surface area contributed by atoms with Crippen molar-refractivity contribution in [1.82, 2.24) is 30.6 Å². The van der Waals surface area contributed by atoms with Crippen molar-refractivity contribution in [2.75, 3.05) is 19.6 Å². The summed E-state index contributed by atoms with van der Waals surface area (Å²) in [5.74, 6) is 0.497. The third kappa shape index (κ3) is 4.35. The maximum atomic E-state index is 12.0. The summed E-state index contributed by atoms with van der Waals surface area (Å²) < 4.78 is 1.57. The molecule has 122 valence electrons. The van der Waals surface area contributed by atoms with Crippen LogP contribution in [-0.4, -0.2) is 45.5 Å². The molecule has 1 amide bonds. The van der Waals surface area contributed by atoms with Gasteiger partial charge in [-0.2, -0.15) is 0 Å². The van der Waals surface area contributed by atoms with Gasteiger partial charge in [-0.1, -0.05) is 5.21 Å². The lowest BCUT2D eigenvalue weighted by Gasteiger charge is -2.22. The number of carbonyl (C=O) groups excluding carboxylic acids is 1. The van der Waals surface area contributed by atoms with Gasteiger partial charge in [0.2, 0.25) is 5.91 Å². The molecule has 1 fully saturated rings. The molecule has 1 atom stereocenters. The van der Waals surface area contributed by atoms with Crippen molar-refractivity contribution in [2.45, 2.75) is 26.3 Å². The quantitative estimate of drug-likeness (QED) is 0.851. The molecule has 7 nitrogen and oxygen atoms in total. The standard InChI is InChI=1S/C16H22N6O/c1-12-7-14(4-6-18-12)15-10-22(21-20-15)11-16(23)19-9-13-3-2-5-17-8-13/h4,6-7,10,13,17H,2-3,5,8-9,11H2,1H3,(H,19,23). The van der Waals surface area contributed by atoms with Crippen molar-refractivity contribution >= 4 is 5.91 Å². The molecule has 3 rings (SSSR count). The average molecular weight is 314 g/mol. The molecule has 2 N–H and O–H groups in total. The second kappa shape index (κ2) is 7.32. The number of aryl methyl sites for hydroxylation is 1. The summed E-state index contributed by atoms with van der Waals surface area (Å²) in [6, 6.07) is 3.84. The zero-order valence-electron chi connectivity index (χ0n) is 13.3. The first kappa shape index (κ1) is 15.6. The smallest absolute Gasteiger partial charge is 0.241 e. The molecule has 3 heterocycles. The Morgan fingerprint density at radius 3 is 3.22 bits per heavy atom. The summed E-state index contributed by atoms with van der Waals surface area (Å²) in [6.45, 7) is 4.91. The first-order valence-corrected chi connectivity index (χ1v) is 8.01. The van der Waals surface area contributed by atoms with Crippen LogP contribution in [0.5, 0.6) is 0 Å². The molecule has 0 spiro atoms.